The standard InChI is InChI=1S/C6H8ClN3O2S/c7-2-5-13(11,12)10-6-8-3-1-4-9-6/h1,3-4H,2,5H2,(H,8,9,10). The first-order valence-electron chi connectivity index (χ1n) is 3.47. The van der Waals surface area contributed by atoms with E-state index in [1.54, 1.807) is 6.07 Å². The van der Waals surface area contributed by atoms with Crippen molar-refractivity contribution in [1.29, 1.82) is 0 Å². The number of aromatic nitrogens is 2. The van der Waals surface area contributed by atoms with E-state index in [4.69, 9.17) is 11.6 Å². The van der Waals surface area contributed by atoms with Gasteiger partial charge in [0, 0.05) is 18.3 Å². The van der Waals surface area contributed by atoms with Gasteiger partial charge in [-0.15, -0.1) is 11.6 Å². The summed E-state index contributed by atoms with van der Waals surface area (Å²) in [5, 5.41) is 0. The Hall–Kier alpha value is -0.880. The lowest BCUT2D eigenvalue weighted by Gasteiger charge is -2.02. The van der Waals surface area contributed by atoms with Gasteiger partial charge in [0.15, 0.2) is 0 Å². The molecule has 72 valence electrons. The Balaban J connectivity index is 2.70. The predicted octanol–water partition coefficient (Wildman–Crippen LogP) is 0.457. The minimum absolute atomic E-state index is 0.0438. The van der Waals surface area contributed by atoms with E-state index in [1.807, 2.05) is 0 Å². The molecule has 0 fully saturated rings. The first kappa shape index (κ1) is 10.2. The maximum atomic E-state index is 11.1. The van der Waals surface area contributed by atoms with Crippen LogP contribution in [0.3, 0.4) is 0 Å². The van der Waals surface area contributed by atoms with Crippen molar-refractivity contribution in [3.8, 4) is 0 Å². The minimum atomic E-state index is -3.39. The monoisotopic (exact) mass is 221 g/mol. The Labute approximate surface area is 81.2 Å². The van der Waals surface area contributed by atoms with Crippen LogP contribution < -0.4 is 4.72 Å². The van der Waals surface area contributed by atoms with Gasteiger partial charge in [-0.05, 0) is 6.07 Å². The van der Waals surface area contributed by atoms with Crippen LogP contribution in [0.1, 0.15) is 0 Å². The molecule has 13 heavy (non-hydrogen) atoms. The lowest BCUT2D eigenvalue weighted by molar-refractivity contribution is 0.602. The largest absolute Gasteiger partial charge is 0.251 e. The molecule has 1 rings (SSSR count). The number of rotatable bonds is 4. The Morgan fingerprint density at radius 3 is 2.54 bits per heavy atom. The molecule has 1 N–H and O–H groups in total. The molecule has 1 heterocycles. The molecule has 1 aromatic heterocycles. The number of halogens is 1. The fraction of sp³-hybridized carbons (Fsp3) is 0.333. The van der Waals surface area contributed by atoms with Crippen LogP contribution in [0.25, 0.3) is 0 Å². The molecule has 7 heteroatoms. The molecule has 0 aromatic carbocycles. The lowest BCUT2D eigenvalue weighted by atomic mass is 10.7. The van der Waals surface area contributed by atoms with Crippen molar-refractivity contribution in [1.82, 2.24) is 9.97 Å². The third-order valence-corrected chi connectivity index (χ3v) is 2.81. The topological polar surface area (TPSA) is 72.0 Å². The van der Waals surface area contributed by atoms with Crippen LogP contribution in [-0.4, -0.2) is 30.0 Å². The van der Waals surface area contributed by atoms with Crippen molar-refractivity contribution in [2.24, 2.45) is 0 Å². The third kappa shape index (κ3) is 3.56. The zero-order chi connectivity index (χ0) is 9.73. The molecular weight excluding hydrogens is 214 g/mol. The van der Waals surface area contributed by atoms with Crippen LogP contribution >= 0.6 is 11.6 Å². The second kappa shape index (κ2) is 4.38. The molecule has 0 bridgehead atoms. The quantitative estimate of drug-likeness (QED) is 0.750. The third-order valence-electron chi connectivity index (χ3n) is 1.16. The molecule has 0 aliphatic carbocycles. The highest BCUT2D eigenvalue weighted by molar-refractivity contribution is 7.92. The molecule has 0 aliphatic heterocycles. The first-order chi connectivity index (χ1) is 6.14. The molecule has 0 atom stereocenters. The van der Waals surface area contributed by atoms with Crippen LogP contribution in [-0.2, 0) is 10.0 Å². The van der Waals surface area contributed by atoms with E-state index in [0.29, 0.717) is 0 Å². The predicted molar refractivity (Wildman–Crippen MR) is 50.2 cm³/mol. The smallest absolute Gasteiger partial charge is 0.236 e. The van der Waals surface area contributed by atoms with Gasteiger partial charge in [0.1, 0.15) is 0 Å². The minimum Gasteiger partial charge on any atom is -0.251 e. The molecule has 0 radical (unpaired) electrons. The number of alkyl halides is 1. The fourth-order valence-corrected chi connectivity index (χ4v) is 1.94. The second-order valence-corrected chi connectivity index (χ2v) is 4.40. The molecule has 1 aromatic rings. The van der Waals surface area contributed by atoms with Crippen LogP contribution in [0.2, 0.25) is 0 Å². The van der Waals surface area contributed by atoms with E-state index in [-0.39, 0.29) is 17.6 Å². The molecule has 0 spiro atoms. The van der Waals surface area contributed by atoms with Gasteiger partial charge in [-0.1, -0.05) is 0 Å². The number of nitrogens with zero attached hydrogens (tertiary/aromatic N) is 2. The van der Waals surface area contributed by atoms with Crippen molar-refractivity contribution >= 4 is 27.6 Å². The normalized spacial score (nSPS) is 11.2. The Kier molecular flexibility index (Phi) is 3.44. The van der Waals surface area contributed by atoms with Gasteiger partial charge in [-0.3, -0.25) is 4.72 Å². The van der Waals surface area contributed by atoms with E-state index in [0.717, 1.165) is 0 Å². The maximum absolute atomic E-state index is 11.1. The van der Waals surface area contributed by atoms with E-state index in [9.17, 15) is 8.42 Å². The van der Waals surface area contributed by atoms with Gasteiger partial charge in [0.05, 0.1) is 5.75 Å². The van der Waals surface area contributed by atoms with Gasteiger partial charge < -0.3 is 0 Å². The highest BCUT2D eigenvalue weighted by Gasteiger charge is 2.09. The van der Waals surface area contributed by atoms with Gasteiger partial charge in [0.25, 0.3) is 0 Å². The zero-order valence-electron chi connectivity index (χ0n) is 6.64. The van der Waals surface area contributed by atoms with Gasteiger partial charge in [-0.25, -0.2) is 18.4 Å². The van der Waals surface area contributed by atoms with Crippen LogP contribution in [0.15, 0.2) is 18.5 Å². The molecule has 0 unspecified atom stereocenters. The van der Waals surface area contributed by atoms with Crippen LogP contribution in [0.4, 0.5) is 5.95 Å². The molecule has 0 amide bonds. The number of anilines is 1. The number of nitrogens with one attached hydrogen (secondary N) is 1. The summed E-state index contributed by atoms with van der Waals surface area (Å²) in [4.78, 5) is 7.40. The summed E-state index contributed by atoms with van der Waals surface area (Å²) < 4.78 is 24.4. The summed E-state index contributed by atoms with van der Waals surface area (Å²) in [5.74, 6) is -0.0396. The summed E-state index contributed by atoms with van der Waals surface area (Å²) in [5.41, 5.74) is 0. The number of hydrogen-bond donors (Lipinski definition) is 1. The molecule has 5 nitrogen and oxygen atoms in total. The molecule has 0 saturated carbocycles. The average Bonchev–Trinajstić information content (AvgIpc) is 2.04. The highest BCUT2D eigenvalue weighted by atomic mass is 35.5. The second-order valence-electron chi connectivity index (χ2n) is 2.18. The van der Waals surface area contributed by atoms with E-state index in [2.05, 4.69) is 14.7 Å². The maximum Gasteiger partial charge on any atom is 0.236 e. The van der Waals surface area contributed by atoms with E-state index < -0.39 is 10.0 Å². The molecular formula is C6H8ClN3O2S. The first-order valence-corrected chi connectivity index (χ1v) is 5.66. The molecule has 0 saturated heterocycles. The summed E-state index contributed by atoms with van der Waals surface area (Å²) in [6.07, 6.45) is 2.90. The Bertz CT molecular complexity index is 353. The SMILES string of the molecule is O=S(=O)(CCCl)Nc1ncccn1. The summed E-state index contributed by atoms with van der Waals surface area (Å²) in [7, 11) is -3.39. The van der Waals surface area contributed by atoms with Crippen molar-refractivity contribution in [2.45, 2.75) is 0 Å². The summed E-state index contributed by atoms with van der Waals surface area (Å²) in [6, 6.07) is 1.60. The van der Waals surface area contributed by atoms with Crippen molar-refractivity contribution < 1.29 is 8.42 Å². The van der Waals surface area contributed by atoms with Gasteiger partial charge >= 0.3 is 0 Å². The average molecular weight is 222 g/mol. The van der Waals surface area contributed by atoms with Crippen LogP contribution in [0, 0.1) is 0 Å². The number of sulfonamides is 1. The van der Waals surface area contributed by atoms with Crippen molar-refractivity contribution in [2.75, 3.05) is 16.4 Å². The summed E-state index contributed by atoms with van der Waals surface area (Å²) >= 11 is 5.29. The van der Waals surface area contributed by atoms with Crippen molar-refractivity contribution in [3.05, 3.63) is 18.5 Å². The van der Waals surface area contributed by atoms with Gasteiger partial charge in [-0.2, -0.15) is 0 Å². The fourth-order valence-electron chi connectivity index (χ4n) is 0.643. The lowest BCUT2D eigenvalue weighted by Crippen LogP contribution is -2.18. The Morgan fingerprint density at radius 2 is 2.00 bits per heavy atom. The van der Waals surface area contributed by atoms with Crippen LogP contribution in [0.5, 0.6) is 0 Å². The number of hydrogen-bond acceptors (Lipinski definition) is 4. The Morgan fingerprint density at radius 1 is 1.38 bits per heavy atom. The zero-order valence-corrected chi connectivity index (χ0v) is 8.22. The van der Waals surface area contributed by atoms with Crippen molar-refractivity contribution in [3.63, 3.8) is 0 Å². The molecule has 0 aliphatic rings. The van der Waals surface area contributed by atoms with E-state index >= 15 is 0 Å². The van der Waals surface area contributed by atoms with E-state index in [1.165, 1.54) is 12.4 Å². The van der Waals surface area contributed by atoms with Gasteiger partial charge in [0.2, 0.25) is 16.0 Å². The highest BCUT2D eigenvalue weighted by Crippen LogP contribution is 1.99. The summed E-state index contributed by atoms with van der Waals surface area (Å²) in [6.45, 7) is 0.